The van der Waals surface area contributed by atoms with Crippen molar-refractivity contribution in [3.63, 3.8) is 0 Å². The van der Waals surface area contributed by atoms with Gasteiger partial charge in [0, 0.05) is 37.7 Å². The van der Waals surface area contributed by atoms with E-state index in [1.807, 2.05) is 11.6 Å². The van der Waals surface area contributed by atoms with E-state index in [2.05, 4.69) is 185 Å². The van der Waals surface area contributed by atoms with Gasteiger partial charge in [-0.1, -0.05) is 109 Å². The van der Waals surface area contributed by atoms with Gasteiger partial charge in [-0.15, -0.1) is 0 Å². The third-order valence-electron chi connectivity index (χ3n) is 11.2. The molecule has 0 aliphatic carbocycles. The molecule has 0 amide bonds. The molecule has 2 aliphatic heterocycles. The highest BCUT2D eigenvalue weighted by molar-refractivity contribution is 8.28. The van der Waals surface area contributed by atoms with E-state index in [4.69, 9.17) is 4.74 Å². The van der Waals surface area contributed by atoms with Crippen LogP contribution in [0.2, 0.25) is 0 Å². The summed E-state index contributed by atoms with van der Waals surface area (Å²) < 4.78 is 11.8. The highest BCUT2D eigenvalue weighted by Gasteiger charge is 2.39. The van der Waals surface area contributed by atoms with Gasteiger partial charge in [-0.3, -0.25) is 0 Å². The van der Waals surface area contributed by atoms with E-state index in [0.29, 0.717) is 0 Å². The first-order valence-corrected chi connectivity index (χ1v) is 19.0. The number of nitrogens with zero attached hydrogens (tertiary/aromatic N) is 2. The zero-order chi connectivity index (χ0) is 34.6. The van der Waals surface area contributed by atoms with Crippen LogP contribution in [0.3, 0.4) is 0 Å². The maximum absolute atomic E-state index is 6.99. The standard InChI is InChI=1S/C48H29BN2OS/c1-7-19-40(51-43-22-10-4-16-35(43)36-17-5-11-23-44(36)51)32(13-1)30-27-38-37-18-6-12-24-47(37)53-49-39-29-31(25-26-45(39)52-46(28-30)48(38)49)50-41-20-8-2-14-33(41)34-15-3-9-21-42(34)50/h1-29H. The fourth-order valence-corrected chi connectivity index (χ4v) is 10.3. The minimum atomic E-state index is 0.0910. The van der Waals surface area contributed by atoms with Crippen LogP contribution in [-0.2, 0) is 0 Å². The molecule has 0 bridgehead atoms. The number of hydrogen-bond acceptors (Lipinski definition) is 2. The van der Waals surface area contributed by atoms with Crippen molar-refractivity contribution in [3.8, 4) is 45.1 Å². The molecule has 2 aliphatic rings. The van der Waals surface area contributed by atoms with E-state index in [9.17, 15) is 0 Å². The molecule has 5 heteroatoms. The van der Waals surface area contributed by atoms with Gasteiger partial charge in [-0.2, -0.15) is 11.6 Å². The number of benzene rings is 8. The molecule has 2 aromatic heterocycles. The SMILES string of the molecule is c1ccc2c(c1)SB1c3cc(-n4c5ccccc5c5ccccc54)ccc3Oc3cc(-c4ccccc4-n4c5ccccc5c5ccccc54)cc-2c31. The molecule has 0 fully saturated rings. The zero-order valence-corrected chi connectivity index (χ0v) is 29.3. The van der Waals surface area contributed by atoms with Gasteiger partial charge in [0.05, 0.1) is 27.8 Å². The molecule has 0 saturated carbocycles. The first-order valence-electron chi connectivity index (χ1n) is 18.1. The Morgan fingerprint density at radius 2 is 0.981 bits per heavy atom. The maximum Gasteiger partial charge on any atom is 0.289 e. The van der Waals surface area contributed by atoms with Gasteiger partial charge in [0.1, 0.15) is 11.5 Å². The van der Waals surface area contributed by atoms with Gasteiger partial charge in [0.2, 0.25) is 0 Å². The molecule has 12 rings (SSSR count). The highest BCUT2D eigenvalue weighted by atomic mass is 32.2. The summed E-state index contributed by atoms with van der Waals surface area (Å²) in [6.07, 6.45) is 0. The Hall–Kier alpha value is -6.43. The van der Waals surface area contributed by atoms with E-state index in [-0.39, 0.29) is 5.99 Å². The number of aromatic nitrogens is 2. The summed E-state index contributed by atoms with van der Waals surface area (Å²) in [6.45, 7) is 0. The summed E-state index contributed by atoms with van der Waals surface area (Å²) in [7, 11) is 0. The van der Waals surface area contributed by atoms with Crippen molar-refractivity contribution in [1.29, 1.82) is 0 Å². The van der Waals surface area contributed by atoms with Gasteiger partial charge in [0.25, 0.3) is 5.99 Å². The first kappa shape index (κ1) is 29.2. The van der Waals surface area contributed by atoms with Crippen LogP contribution in [0.25, 0.3) is 77.2 Å². The lowest BCUT2D eigenvalue weighted by atomic mass is 9.57. The quantitative estimate of drug-likeness (QED) is 0.172. The van der Waals surface area contributed by atoms with Crippen molar-refractivity contribution in [2.45, 2.75) is 4.90 Å². The van der Waals surface area contributed by atoms with Crippen LogP contribution in [-0.4, -0.2) is 15.1 Å². The van der Waals surface area contributed by atoms with Crippen molar-refractivity contribution in [2.75, 3.05) is 0 Å². The van der Waals surface area contributed by atoms with Crippen LogP contribution in [0.5, 0.6) is 11.5 Å². The van der Waals surface area contributed by atoms with Gasteiger partial charge in [-0.05, 0) is 94.3 Å². The molecule has 0 saturated heterocycles. The maximum atomic E-state index is 6.99. The van der Waals surface area contributed by atoms with Crippen molar-refractivity contribution < 1.29 is 4.74 Å². The first-order chi connectivity index (χ1) is 26.3. The lowest BCUT2D eigenvalue weighted by Gasteiger charge is -2.33. The smallest absolute Gasteiger partial charge is 0.289 e. The summed E-state index contributed by atoms with van der Waals surface area (Å²) in [6, 6.07) is 64.0. The number of rotatable bonds is 3. The van der Waals surface area contributed by atoms with E-state index in [1.165, 1.54) is 76.1 Å². The fourth-order valence-electron chi connectivity index (χ4n) is 8.94. The van der Waals surface area contributed by atoms with E-state index >= 15 is 0 Å². The number of hydrogen-bond donors (Lipinski definition) is 0. The minimum Gasteiger partial charge on any atom is -0.458 e. The topological polar surface area (TPSA) is 19.1 Å². The number of fused-ring (bicyclic) bond motifs is 10. The summed E-state index contributed by atoms with van der Waals surface area (Å²) in [5, 5.41) is 5.04. The van der Waals surface area contributed by atoms with E-state index in [1.54, 1.807) is 0 Å². The second-order valence-corrected chi connectivity index (χ2v) is 15.2. The predicted octanol–water partition coefficient (Wildman–Crippen LogP) is 11.5. The molecule has 0 radical (unpaired) electrons. The molecule has 0 atom stereocenters. The van der Waals surface area contributed by atoms with Gasteiger partial charge in [0.15, 0.2) is 0 Å². The Morgan fingerprint density at radius 1 is 0.434 bits per heavy atom. The third kappa shape index (κ3) is 4.14. The minimum absolute atomic E-state index is 0.0910. The summed E-state index contributed by atoms with van der Waals surface area (Å²) in [4.78, 5) is 1.29. The van der Waals surface area contributed by atoms with Crippen LogP contribution < -0.4 is 15.7 Å². The predicted molar refractivity (Wildman–Crippen MR) is 223 cm³/mol. The molecule has 4 heterocycles. The average Bonchev–Trinajstić information content (AvgIpc) is 3.74. The molecule has 0 unspecified atom stereocenters. The average molecular weight is 693 g/mol. The second-order valence-electron chi connectivity index (χ2n) is 14.0. The Kier molecular flexibility index (Phi) is 6.08. The van der Waals surface area contributed by atoms with Crippen LogP contribution in [0.1, 0.15) is 0 Å². The lowest BCUT2D eigenvalue weighted by molar-refractivity contribution is 0.488. The monoisotopic (exact) mass is 692 g/mol. The molecule has 3 nitrogen and oxygen atoms in total. The molecule has 53 heavy (non-hydrogen) atoms. The normalized spacial score (nSPS) is 12.9. The molecular weight excluding hydrogens is 663 g/mol. The molecule has 0 N–H and O–H groups in total. The third-order valence-corrected chi connectivity index (χ3v) is 12.5. The molecule has 0 spiro atoms. The Bertz CT molecular complexity index is 3050. The Morgan fingerprint density at radius 3 is 1.64 bits per heavy atom. The van der Waals surface area contributed by atoms with Crippen LogP contribution in [0.4, 0.5) is 0 Å². The van der Waals surface area contributed by atoms with Gasteiger partial charge < -0.3 is 13.9 Å². The number of ether oxygens (including phenoxy) is 1. The summed E-state index contributed by atoms with van der Waals surface area (Å²) in [5.41, 5.74) is 14.4. The van der Waals surface area contributed by atoms with Crippen molar-refractivity contribution in [3.05, 3.63) is 176 Å². The molecule has 8 aromatic carbocycles. The van der Waals surface area contributed by atoms with Crippen molar-refractivity contribution in [2.24, 2.45) is 0 Å². The van der Waals surface area contributed by atoms with Crippen LogP contribution >= 0.6 is 11.6 Å². The van der Waals surface area contributed by atoms with Crippen LogP contribution in [0, 0.1) is 0 Å². The van der Waals surface area contributed by atoms with Crippen molar-refractivity contribution >= 4 is 72.1 Å². The molecular formula is C48H29BN2OS. The Labute approximate surface area is 310 Å². The summed E-state index contributed by atoms with van der Waals surface area (Å²) >= 11 is 1.93. The van der Waals surface area contributed by atoms with E-state index < -0.39 is 0 Å². The van der Waals surface area contributed by atoms with Gasteiger partial charge >= 0.3 is 0 Å². The fraction of sp³-hybridized carbons (Fsp3) is 0. The van der Waals surface area contributed by atoms with Gasteiger partial charge in [-0.25, -0.2) is 0 Å². The largest absolute Gasteiger partial charge is 0.458 e. The zero-order valence-electron chi connectivity index (χ0n) is 28.5. The molecule has 246 valence electrons. The number of para-hydroxylation sites is 5. The van der Waals surface area contributed by atoms with Crippen molar-refractivity contribution in [1.82, 2.24) is 9.13 Å². The van der Waals surface area contributed by atoms with Crippen LogP contribution in [0.15, 0.2) is 181 Å². The summed E-state index contributed by atoms with van der Waals surface area (Å²) in [5.74, 6) is 1.93. The highest BCUT2D eigenvalue weighted by Crippen LogP contribution is 2.46. The Balaban J connectivity index is 1.07. The molecule has 10 aromatic rings. The van der Waals surface area contributed by atoms with E-state index in [0.717, 1.165) is 28.4 Å². The second kappa shape index (κ2) is 11.0. The lowest BCUT2D eigenvalue weighted by Crippen LogP contribution is -2.46.